The normalized spacial score (nSPS) is 17.9. The Bertz CT molecular complexity index is 258. The molecule has 6 nitrogen and oxygen atoms in total. The molecular formula is C10H16Cl2O6. The molecule has 0 aromatic carbocycles. The number of hydrogen-bond donors (Lipinski definition) is 0. The van der Waals surface area contributed by atoms with Gasteiger partial charge in [-0.3, -0.25) is 9.59 Å². The quantitative estimate of drug-likeness (QED) is 0.580. The van der Waals surface area contributed by atoms with E-state index in [0.717, 1.165) is 0 Å². The Morgan fingerprint density at radius 2 is 1.00 bits per heavy atom. The number of hydrogen-bond acceptors (Lipinski definition) is 6. The molecule has 0 fully saturated rings. The molecule has 0 radical (unpaired) electrons. The highest BCUT2D eigenvalue weighted by molar-refractivity contribution is 6.65. The molecule has 0 saturated heterocycles. The van der Waals surface area contributed by atoms with Crippen molar-refractivity contribution in [3.8, 4) is 0 Å². The van der Waals surface area contributed by atoms with Gasteiger partial charge in [-0.25, -0.2) is 0 Å². The smallest absolute Gasteiger partial charge is 0.253 e. The van der Waals surface area contributed by atoms with Crippen molar-refractivity contribution in [1.82, 2.24) is 0 Å². The molecule has 0 aliphatic heterocycles. The molecule has 0 rings (SSSR count). The predicted molar refractivity (Wildman–Crippen MR) is 64.9 cm³/mol. The molecule has 0 unspecified atom stereocenters. The Morgan fingerprint density at radius 3 is 1.11 bits per heavy atom. The van der Waals surface area contributed by atoms with Crippen molar-refractivity contribution in [2.45, 2.75) is 24.4 Å². The topological polar surface area (TPSA) is 71.1 Å². The van der Waals surface area contributed by atoms with E-state index in [2.05, 4.69) is 0 Å². The minimum absolute atomic E-state index is 0.775. The zero-order chi connectivity index (χ0) is 14.3. The molecule has 0 aliphatic carbocycles. The molecule has 0 N–H and O–H groups in total. The van der Waals surface area contributed by atoms with Crippen molar-refractivity contribution in [3.05, 3.63) is 0 Å². The SMILES string of the molecule is CO[C@H]([C@H](OC)[C@@H](OC)C(=O)Cl)[C@H](OC)C(=O)Cl. The Kier molecular flexibility index (Phi) is 8.67. The molecule has 18 heavy (non-hydrogen) atoms. The third-order valence-corrected chi connectivity index (χ3v) is 2.85. The van der Waals surface area contributed by atoms with Crippen molar-refractivity contribution >= 4 is 33.7 Å². The standard InChI is InChI=1S/C10H16Cl2O6/c1-15-5(7(17-3)9(11)13)6(16-2)8(18-4)10(12)14/h5-8H,1-4H3/t5-,6+,7+,8-. The summed E-state index contributed by atoms with van der Waals surface area (Å²) >= 11 is 10.8. The van der Waals surface area contributed by atoms with Gasteiger partial charge in [0, 0.05) is 28.4 Å². The van der Waals surface area contributed by atoms with Crippen molar-refractivity contribution in [1.29, 1.82) is 0 Å². The van der Waals surface area contributed by atoms with Gasteiger partial charge < -0.3 is 18.9 Å². The third kappa shape index (κ3) is 4.46. The van der Waals surface area contributed by atoms with Crippen LogP contribution in [0.3, 0.4) is 0 Å². The average molecular weight is 303 g/mol. The average Bonchev–Trinajstić information content (AvgIpc) is 2.32. The lowest BCUT2D eigenvalue weighted by Gasteiger charge is -2.31. The van der Waals surface area contributed by atoms with E-state index in [9.17, 15) is 9.59 Å². The van der Waals surface area contributed by atoms with E-state index < -0.39 is 34.9 Å². The second-order valence-corrected chi connectivity index (χ2v) is 4.07. The molecule has 0 heterocycles. The summed E-state index contributed by atoms with van der Waals surface area (Å²) in [6, 6.07) is 0. The summed E-state index contributed by atoms with van der Waals surface area (Å²) in [5.74, 6) is 0. The number of halogens is 2. The summed E-state index contributed by atoms with van der Waals surface area (Å²) < 4.78 is 20.1. The molecule has 0 aliphatic rings. The van der Waals surface area contributed by atoms with Gasteiger partial charge in [0.2, 0.25) is 0 Å². The predicted octanol–water partition coefficient (Wildman–Crippen LogP) is 0.577. The summed E-state index contributed by atoms with van der Waals surface area (Å²) in [4.78, 5) is 22.4. The zero-order valence-corrected chi connectivity index (χ0v) is 12.0. The van der Waals surface area contributed by atoms with Crippen LogP contribution in [0.2, 0.25) is 0 Å². The highest BCUT2D eigenvalue weighted by Gasteiger charge is 2.41. The van der Waals surface area contributed by atoms with Gasteiger partial charge in [-0.1, -0.05) is 0 Å². The molecule has 0 spiro atoms. The van der Waals surface area contributed by atoms with E-state index in [1.807, 2.05) is 0 Å². The van der Waals surface area contributed by atoms with Crippen molar-refractivity contribution in [2.75, 3.05) is 28.4 Å². The number of carbonyl (C=O) groups excluding carboxylic acids is 2. The number of methoxy groups -OCH3 is 4. The van der Waals surface area contributed by atoms with Crippen LogP contribution in [-0.4, -0.2) is 63.3 Å². The summed E-state index contributed by atoms with van der Waals surface area (Å²) in [7, 11) is 5.23. The van der Waals surface area contributed by atoms with Crippen molar-refractivity contribution in [2.24, 2.45) is 0 Å². The van der Waals surface area contributed by atoms with E-state index in [1.54, 1.807) is 0 Å². The third-order valence-electron chi connectivity index (χ3n) is 2.42. The second kappa shape index (κ2) is 8.79. The summed E-state index contributed by atoms with van der Waals surface area (Å²) in [5.41, 5.74) is 0. The Labute approximate surface area is 115 Å². The van der Waals surface area contributed by atoms with Gasteiger partial charge in [0.25, 0.3) is 10.5 Å². The first-order valence-electron chi connectivity index (χ1n) is 4.94. The molecule has 8 heteroatoms. The largest absolute Gasteiger partial charge is 0.375 e. The molecule has 4 atom stereocenters. The molecular weight excluding hydrogens is 287 g/mol. The van der Waals surface area contributed by atoms with Crippen LogP contribution >= 0.6 is 23.2 Å². The van der Waals surface area contributed by atoms with Crippen molar-refractivity contribution < 1.29 is 28.5 Å². The van der Waals surface area contributed by atoms with Crippen molar-refractivity contribution in [3.63, 3.8) is 0 Å². The molecule has 0 bridgehead atoms. The Morgan fingerprint density at radius 1 is 0.722 bits per heavy atom. The lowest BCUT2D eigenvalue weighted by molar-refractivity contribution is -0.162. The minimum atomic E-state index is -1.10. The molecule has 106 valence electrons. The first kappa shape index (κ1) is 17.8. The summed E-state index contributed by atoms with van der Waals surface area (Å²) in [5, 5.41) is -1.55. The number of rotatable bonds is 9. The van der Waals surface area contributed by atoms with Crippen LogP contribution in [0, 0.1) is 0 Å². The first-order chi connectivity index (χ1) is 8.44. The van der Waals surface area contributed by atoms with Gasteiger partial charge in [0.05, 0.1) is 0 Å². The van der Waals surface area contributed by atoms with Crippen LogP contribution in [0.1, 0.15) is 0 Å². The Balaban J connectivity index is 5.18. The maximum Gasteiger partial charge on any atom is 0.253 e. The summed E-state index contributed by atoms with van der Waals surface area (Å²) in [6.07, 6.45) is -4.07. The zero-order valence-electron chi connectivity index (χ0n) is 10.5. The minimum Gasteiger partial charge on any atom is -0.375 e. The van der Waals surface area contributed by atoms with Crippen LogP contribution in [0.5, 0.6) is 0 Å². The van der Waals surface area contributed by atoms with Crippen LogP contribution < -0.4 is 0 Å². The maximum absolute atomic E-state index is 11.2. The fourth-order valence-electron chi connectivity index (χ4n) is 1.57. The monoisotopic (exact) mass is 302 g/mol. The fourth-order valence-corrected chi connectivity index (χ4v) is 2.00. The van der Waals surface area contributed by atoms with Gasteiger partial charge >= 0.3 is 0 Å². The van der Waals surface area contributed by atoms with Gasteiger partial charge in [0.15, 0.2) is 12.2 Å². The van der Waals surface area contributed by atoms with Crippen LogP contribution in [0.15, 0.2) is 0 Å². The number of ether oxygens (including phenoxy) is 4. The van der Waals surface area contributed by atoms with E-state index in [4.69, 9.17) is 42.1 Å². The highest BCUT2D eigenvalue weighted by atomic mass is 35.5. The molecule has 0 amide bonds. The van der Waals surface area contributed by atoms with Gasteiger partial charge in [-0.05, 0) is 23.2 Å². The van der Waals surface area contributed by atoms with Gasteiger partial charge in [0.1, 0.15) is 12.2 Å². The second-order valence-electron chi connectivity index (χ2n) is 3.32. The highest BCUT2D eigenvalue weighted by Crippen LogP contribution is 2.19. The molecule has 0 aromatic rings. The fraction of sp³-hybridized carbons (Fsp3) is 0.800. The van der Waals surface area contributed by atoms with Crippen LogP contribution in [-0.2, 0) is 28.5 Å². The van der Waals surface area contributed by atoms with Crippen LogP contribution in [0.25, 0.3) is 0 Å². The lowest BCUT2D eigenvalue weighted by Crippen LogP contribution is -2.51. The van der Waals surface area contributed by atoms with E-state index in [-0.39, 0.29) is 0 Å². The van der Waals surface area contributed by atoms with Crippen LogP contribution in [0.4, 0.5) is 0 Å². The van der Waals surface area contributed by atoms with Gasteiger partial charge in [-0.2, -0.15) is 0 Å². The number of carbonyl (C=O) groups is 2. The van der Waals surface area contributed by atoms with E-state index in [1.165, 1.54) is 28.4 Å². The van der Waals surface area contributed by atoms with Gasteiger partial charge in [-0.15, -0.1) is 0 Å². The van der Waals surface area contributed by atoms with E-state index in [0.29, 0.717) is 0 Å². The Hall–Kier alpha value is -0.240. The summed E-state index contributed by atoms with van der Waals surface area (Å²) in [6.45, 7) is 0. The van der Waals surface area contributed by atoms with E-state index >= 15 is 0 Å². The molecule has 0 aromatic heterocycles. The first-order valence-corrected chi connectivity index (χ1v) is 5.70. The maximum atomic E-state index is 11.2. The lowest BCUT2D eigenvalue weighted by atomic mass is 10.0. The molecule has 0 saturated carbocycles.